The van der Waals surface area contributed by atoms with Crippen molar-refractivity contribution >= 4 is 11.7 Å². The van der Waals surface area contributed by atoms with Gasteiger partial charge in [-0.15, -0.1) is 0 Å². The number of anilines is 1. The molecule has 1 atom stereocenters. The largest absolute Gasteiger partial charge is 0.496 e. The Kier molecular flexibility index (Phi) is 6.85. The second kappa shape index (κ2) is 9.96. The van der Waals surface area contributed by atoms with Crippen molar-refractivity contribution in [3.63, 3.8) is 0 Å². The van der Waals surface area contributed by atoms with Crippen molar-refractivity contribution in [1.82, 2.24) is 15.0 Å². The van der Waals surface area contributed by atoms with Gasteiger partial charge in [-0.05, 0) is 62.6 Å². The molecular formula is C25H30N4O3. The number of carbonyl (C=O) groups is 1. The molecule has 3 heterocycles. The second-order valence-electron chi connectivity index (χ2n) is 8.48. The molecule has 0 radical (unpaired) electrons. The molecule has 0 saturated carbocycles. The molecule has 1 aromatic carbocycles. The van der Waals surface area contributed by atoms with Crippen molar-refractivity contribution in [2.24, 2.45) is 0 Å². The first-order valence-corrected chi connectivity index (χ1v) is 11.0. The molecule has 0 aliphatic carbocycles. The summed E-state index contributed by atoms with van der Waals surface area (Å²) in [5.41, 5.74) is 4.51. The summed E-state index contributed by atoms with van der Waals surface area (Å²) in [5.74, 6) is 2.27. The molecule has 0 bridgehead atoms. The molecule has 1 fully saturated rings. The molecule has 7 nitrogen and oxygen atoms in total. The van der Waals surface area contributed by atoms with Crippen molar-refractivity contribution in [2.75, 3.05) is 32.1 Å². The smallest absolute Gasteiger partial charge is 0.239 e. The first-order chi connectivity index (χ1) is 15.5. The number of ether oxygens (including phenoxy) is 1. The van der Waals surface area contributed by atoms with Gasteiger partial charge in [-0.25, -0.2) is 0 Å². The van der Waals surface area contributed by atoms with Crippen LogP contribution in [0.4, 0.5) is 5.82 Å². The molecule has 7 heteroatoms. The van der Waals surface area contributed by atoms with Gasteiger partial charge in [0.1, 0.15) is 11.5 Å². The fourth-order valence-corrected chi connectivity index (χ4v) is 4.40. The predicted octanol–water partition coefficient (Wildman–Crippen LogP) is 4.10. The monoisotopic (exact) mass is 434 g/mol. The summed E-state index contributed by atoms with van der Waals surface area (Å²) >= 11 is 0. The van der Waals surface area contributed by atoms with E-state index in [9.17, 15) is 4.79 Å². The summed E-state index contributed by atoms with van der Waals surface area (Å²) < 4.78 is 10.5. The Morgan fingerprint density at radius 2 is 2.09 bits per heavy atom. The molecular weight excluding hydrogens is 404 g/mol. The fourth-order valence-electron chi connectivity index (χ4n) is 4.40. The van der Waals surface area contributed by atoms with Crippen molar-refractivity contribution in [2.45, 2.75) is 39.0 Å². The number of nitrogens with one attached hydrogen (secondary N) is 1. The molecule has 1 amide bonds. The number of rotatable bonds is 7. The number of hydrogen-bond acceptors (Lipinski definition) is 6. The molecule has 0 unspecified atom stereocenters. The summed E-state index contributed by atoms with van der Waals surface area (Å²) in [4.78, 5) is 19.5. The minimum atomic E-state index is -0.0759. The highest BCUT2D eigenvalue weighted by Gasteiger charge is 2.24. The van der Waals surface area contributed by atoms with Crippen LogP contribution in [-0.4, -0.2) is 47.7 Å². The minimum Gasteiger partial charge on any atom is -0.496 e. The zero-order valence-electron chi connectivity index (χ0n) is 18.9. The van der Waals surface area contributed by atoms with Crippen LogP contribution in [-0.2, 0) is 11.2 Å². The number of aromatic nitrogens is 2. The molecule has 3 aromatic rings. The van der Waals surface area contributed by atoms with Gasteiger partial charge in [-0.3, -0.25) is 14.7 Å². The van der Waals surface area contributed by atoms with Gasteiger partial charge in [0.15, 0.2) is 5.82 Å². The van der Waals surface area contributed by atoms with Gasteiger partial charge in [-0.1, -0.05) is 23.4 Å². The number of hydrogen-bond donors (Lipinski definition) is 1. The third kappa shape index (κ3) is 5.53. The highest BCUT2D eigenvalue weighted by molar-refractivity contribution is 5.91. The van der Waals surface area contributed by atoms with Crippen LogP contribution in [0.1, 0.15) is 47.0 Å². The lowest BCUT2D eigenvalue weighted by Gasteiger charge is -2.32. The molecule has 168 valence electrons. The molecule has 2 aromatic heterocycles. The van der Waals surface area contributed by atoms with Crippen molar-refractivity contribution in [3.8, 4) is 5.75 Å². The zero-order chi connectivity index (χ0) is 22.5. The Morgan fingerprint density at radius 1 is 1.25 bits per heavy atom. The van der Waals surface area contributed by atoms with Gasteiger partial charge in [0.25, 0.3) is 0 Å². The van der Waals surface area contributed by atoms with Gasteiger partial charge in [0.05, 0.1) is 13.7 Å². The topological polar surface area (TPSA) is 80.5 Å². The number of para-hydroxylation sites is 1. The van der Waals surface area contributed by atoms with Crippen LogP contribution in [0, 0.1) is 13.8 Å². The Bertz CT molecular complexity index is 1080. The van der Waals surface area contributed by atoms with Crippen LogP contribution >= 0.6 is 0 Å². The van der Waals surface area contributed by atoms with Crippen LogP contribution in [0.15, 0.2) is 47.0 Å². The van der Waals surface area contributed by atoms with E-state index >= 15 is 0 Å². The average Bonchev–Trinajstić information content (AvgIpc) is 3.18. The quantitative estimate of drug-likeness (QED) is 0.603. The minimum absolute atomic E-state index is 0.0759. The van der Waals surface area contributed by atoms with E-state index in [1.165, 1.54) is 5.56 Å². The van der Waals surface area contributed by atoms with E-state index < -0.39 is 0 Å². The van der Waals surface area contributed by atoms with E-state index in [1.54, 1.807) is 20.1 Å². The Balaban J connectivity index is 1.43. The van der Waals surface area contributed by atoms with Gasteiger partial charge in [-0.2, -0.15) is 0 Å². The van der Waals surface area contributed by atoms with E-state index in [0.717, 1.165) is 55.1 Å². The number of pyridine rings is 1. The van der Waals surface area contributed by atoms with Crippen LogP contribution in [0.3, 0.4) is 0 Å². The number of amides is 1. The Hall–Kier alpha value is -3.19. The van der Waals surface area contributed by atoms with Crippen LogP contribution in [0.2, 0.25) is 0 Å². The lowest BCUT2D eigenvalue weighted by Crippen LogP contribution is -2.40. The molecule has 1 N–H and O–H groups in total. The fraction of sp³-hybridized carbons (Fsp3) is 0.400. The summed E-state index contributed by atoms with van der Waals surface area (Å²) in [6, 6.07) is 14.2. The normalized spacial score (nSPS) is 16.7. The molecule has 0 spiro atoms. The van der Waals surface area contributed by atoms with E-state index in [2.05, 4.69) is 33.6 Å². The van der Waals surface area contributed by atoms with Gasteiger partial charge in [0, 0.05) is 36.3 Å². The number of carbonyl (C=O) groups excluding carboxylic acids is 1. The van der Waals surface area contributed by atoms with Crippen LogP contribution in [0.5, 0.6) is 5.75 Å². The van der Waals surface area contributed by atoms with Crippen LogP contribution in [0.25, 0.3) is 0 Å². The first kappa shape index (κ1) is 22.0. The highest BCUT2D eigenvalue weighted by atomic mass is 16.5. The maximum Gasteiger partial charge on any atom is 0.239 e. The third-order valence-corrected chi connectivity index (χ3v) is 5.81. The molecule has 1 aliphatic rings. The summed E-state index contributed by atoms with van der Waals surface area (Å²) in [5, 5.41) is 6.64. The van der Waals surface area contributed by atoms with E-state index in [-0.39, 0.29) is 5.91 Å². The number of piperidine rings is 1. The zero-order valence-corrected chi connectivity index (χ0v) is 18.9. The third-order valence-electron chi connectivity index (χ3n) is 5.81. The predicted molar refractivity (Wildman–Crippen MR) is 123 cm³/mol. The number of aryl methyl sites for hydroxylation is 2. The number of methoxy groups -OCH3 is 1. The number of nitrogens with zero attached hydrogens (tertiary/aromatic N) is 3. The van der Waals surface area contributed by atoms with Gasteiger partial charge in [0.2, 0.25) is 5.91 Å². The first-order valence-electron chi connectivity index (χ1n) is 11.0. The number of likely N-dealkylation sites (tertiary alicyclic amines) is 1. The lowest BCUT2D eigenvalue weighted by molar-refractivity contribution is -0.117. The molecule has 32 heavy (non-hydrogen) atoms. The average molecular weight is 435 g/mol. The Labute approximate surface area is 188 Å². The summed E-state index contributed by atoms with van der Waals surface area (Å²) in [7, 11) is 1.71. The van der Waals surface area contributed by atoms with E-state index in [1.807, 2.05) is 25.1 Å². The maximum atomic E-state index is 12.4. The molecule has 4 rings (SSSR count). The number of benzene rings is 1. The van der Waals surface area contributed by atoms with E-state index in [0.29, 0.717) is 24.0 Å². The van der Waals surface area contributed by atoms with Crippen molar-refractivity contribution < 1.29 is 14.1 Å². The van der Waals surface area contributed by atoms with Crippen molar-refractivity contribution in [3.05, 3.63) is 70.7 Å². The standard InChI is InChI=1S/C25H30N4O3/c1-17-11-19(13-20-7-4-5-9-23(20)31-3)14-22(26-17)21-8-6-10-29(15-21)16-25(30)27-24-12-18(2)32-28-24/h4-5,7,9,11-12,14,21H,6,8,10,13,15-16H2,1-3H3,(H,27,28,30)/t21-/m1/s1. The van der Waals surface area contributed by atoms with Gasteiger partial charge >= 0.3 is 0 Å². The summed E-state index contributed by atoms with van der Waals surface area (Å²) in [6.07, 6.45) is 2.92. The molecule has 1 saturated heterocycles. The SMILES string of the molecule is COc1ccccc1Cc1cc(C)nc([C@@H]2CCCN(CC(=O)Nc3cc(C)on3)C2)c1. The Morgan fingerprint density at radius 3 is 2.88 bits per heavy atom. The lowest BCUT2D eigenvalue weighted by atomic mass is 9.92. The second-order valence-corrected chi connectivity index (χ2v) is 8.48. The van der Waals surface area contributed by atoms with Gasteiger partial charge < -0.3 is 14.6 Å². The molecule has 1 aliphatic heterocycles. The van der Waals surface area contributed by atoms with E-state index in [4.69, 9.17) is 14.2 Å². The van der Waals surface area contributed by atoms with Crippen molar-refractivity contribution in [1.29, 1.82) is 0 Å². The van der Waals surface area contributed by atoms with Crippen LogP contribution < -0.4 is 10.1 Å². The highest BCUT2D eigenvalue weighted by Crippen LogP contribution is 2.28. The maximum absolute atomic E-state index is 12.4. The summed E-state index contributed by atoms with van der Waals surface area (Å²) in [6.45, 7) is 5.90.